The van der Waals surface area contributed by atoms with Crippen molar-refractivity contribution in [2.75, 3.05) is 20.6 Å². The van der Waals surface area contributed by atoms with Crippen LogP contribution in [0.2, 0.25) is 0 Å². The van der Waals surface area contributed by atoms with E-state index < -0.39 is 0 Å². The average molecular weight is 281 g/mol. The molecule has 0 spiro atoms. The van der Waals surface area contributed by atoms with Crippen molar-refractivity contribution in [3.8, 4) is 0 Å². The second kappa shape index (κ2) is 11.3. The third-order valence-electron chi connectivity index (χ3n) is 4.59. The van der Waals surface area contributed by atoms with Crippen LogP contribution < -0.4 is 0 Å². The van der Waals surface area contributed by atoms with Gasteiger partial charge in [-0.3, -0.25) is 4.79 Å². The van der Waals surface area contributed by atoms with Crippen LogP contribution in [0.25, 0.3) is 0 Å². The fourth-order valence-corrected chi connectivity index (χ4v) is 2.90. The van der Waals surface area contributed by atoms with Gasteiger partial charge in [0, 0.05) is 12.3 Å². The maximum absolute atomic E-state index is 11.7. The predicted octanol–water partition coefficient (Wildman–Crippen LogP) is 4.82. The summed E-state index contributed by atoms with van der Waals surface area (Å²) < 4.78 is 0. The van der Waals surface area contributed by atoms with E-state index >= 15 is 0 Å². The van der Waals surface area contributed by atoms with Gasteiger partial charge >= 0.3 is 0 Å². The molecule has 1 fully saturated rings. The zero-order valence-electron chi connectivity index (χ0n) is 13.8. The number of unbranched alkanes of at least 4 members (excludes halogenated alkanes) is 8. The minimum atomic E-state index is 0.456. The molecule has 1 rings (SSSR count). The van der Waals surface area contributed by atoms with E-state index in [0.717, 1.165) is 12.8 Å². The maximum Gasteiger partial charge on any atom is 0.135 e. The van der Waals surface area contributed by atoms with Crippen molar-refractivity contribution in [1.82, 2.24) is 4.90 Å². The van der Waals surface area contributed by atoms with Crippen LogP contribution in [0.1, 0.15) is 83.5 Å². The van der Waals surface area contributed by atoms with Crippen LogP contribution in [0.5, 0.6) is 0 Å². The molecule has 20 heavy (non-hydrogen) atoms. The van der Waals surface area contributed by atoms with Gasteiger partial charge in [0.1, 0.15) is 5.78 Å². The lowest BCUT2D eigenvalue weighted by molar-refractivity contribution is -0.125. The van der Waals surface area contributed by atoms with Gasteiger partial charge in [-0.1, -0.05) is 51.4 Å². The number of carbonyl (C=O) groups excluding carboxylic acids is 1. The van der Waals surface area contributed by atoms with Crippen molar-refractivity contribution >= 4 is 5.78 Å². The Labute approximate surface area is 126 Å². The van der Waals surface area contributed by atoms with Crippen LogP contribution >= 0.6 is 0 Å². The van der Waals surface area contributed by atoms with E-state index in [0.29, 0.717) is 11.7 Å². The molecule has 0 aromatic heterocycles. The fraction of sp³-hybridized carbons (Fsp3) is 0.944. The van der Waals surface area contributed by atoms with Gasteiger partial charge in [0.15, 0.2) is 0 Å². The van der Waals surface area contributed by atoms with Gasteiger partial charge in [-0.2, -0.15) is 0 Å². The summed E-state index contributed by atoms with van der Waals surface area (Å²) in [5.41, 5.74) is 0. The van der Waals surface area contributed by atoms with Crippen molar-refractivity contribution in [1.29, 1.82) is 0 Å². The molecule has 2 heteroatoms. The van der Waals surface area contributed by atoms with Crippen molar-refractivity contribution < 1.29 is 4.79 Å². The molecule has 0 aromatic rings. The quantitative estimate of drug-likeness (QED) is 0.451. The molecule has 0 amide bonds. The van der Waals surface area contributed by atoms with Crippen LogP contribution in [-0.4, -0.2) is 31.3 Å². The Hall–Kier alpha value is -0.370. The second-order valence-corrected chi connectivity index (χ2v) is 6.83. The lowest BCUT2D eigenvalue weighted by atomic mass is 9.80. The van der Waals surface area contributed by atoms with E-state index in [4.69, 9.17) is 0 Å². The summed E-state index contributed by atoms with van der Waals surface area (Å²) in [5.74, 6) is 1.01. The molecule has 0 heterocycles. The highest BCUT2D eigenvalue weighted by molar-refractivity contribution is 5.81. The number of nitrogens with zero attached hydrogens (tertiary/aromatic N) is 1. The Morgan fingerprint density at radius 2 is 1.35 bits per heavy atom. The minimum absolute atomic E-state index is 0.456. The van der Waals surface area contributed by atoms with Gasteiger partial charge in [0.2, 0.25) is 0 Å². The van der Waals surface area contributed by atoms with Gasteiger partial charge in [-0.25, -0.2) is 0 Å². The first-order valence-electron chi connectivity index (χ1n) is 8.87. The molecule has 1 saturated carbocycles. The van der Waals surface area contributed by atoms with Gasteiger partial charge < -0.3 is 4.90 Å². The molecule has 0 N–H and O–H groups in total. The van der Waals surface area contributed by atoms with Crippen LogP contribution in [0.3, 0.4) is 0 Å². The molecule has 2 nitrogen and oxygen atoms in total. The molecule has 118 valence electrons. The van der Waals surface area contributed by atoms with Crippen molar-refractivity contribution in [3.05, 3.63) is 0 Å². The largest absolute Gasteiger partial charge is 0.309 e. The summed E-state index contributed by atoms with van der Waals surface area (Å²) in [4.78, 5) is 14.0. The highest BCUT2D eigenvalue weighted by Gasteiger charge is 2.23. The number of ketones is 1. The van der Waals surface area contributed by atoms with Gasteiger partial charge in [0.25, 0.3) is 0 Å². The second-order valence-electron chi connectivity index (χ2n) is 6.83. The Kier molecular flexibility index (Phi) is 10.00. The zero-order chi connectivity index (χ0) is 14.6. The number of hydrogen-bond donors (Lipinski definition) is 0. The molecule has 0 atom stereocenters. The van der Waals surface area contributed by atoms with Gasteiger partial charge in [-0.05, 0) is 46.3 Å². The van der Waals surface area contributed by atoms with Crippen LogP contribution in [-0.2, 0) is 4.79 Å². The molecular weight excluding hydrogens is 246 g/mol. The van der Waals surface area contributed by atoms with Crippen molar-refractivity contribution in [3.63, 3.8) is 0 Å². The van der Waals surface area contributed by atoms with Crippen LogP contribution in [0.15, 0.2) is 0 Å². The normalized spacial score (nSPS) is 15.6. The van der Waals surface area contributed by atoms with Crippen molar-refractivity contribution in [2.24, 2.45) is 5.92 Å². The molecule has 0 radical (unpaired) electrons. The molecule has 0 aliphatic heterocycles. The number of Topliss-reactive ketones (excluding diaryl/α,β-unsaturated/α-hetero) is 1. The summed E-state index contributed by atoms with van der Waals surface area (Å²) in [6.07, 6.45) is 16.5. The molecule has 0 unspecified atom stereocenters. The van der Waals surface area contributed by atoms with E-state index in [9.17, 15) is 4.79 Å². The number of rotatable bonds is 13. The first kappa shape index (κ1) is 17.7. The lowest BCUT2D eigenvalue weighted by Crippen LogP contribution is -2.21. The Morgan fingerprint density at radius 3 is 1.80 bits per heavy atom. The first-order chi connectivity index (χ1) is 9.70. The van der Waals surface area contributed by atoms with E-state index in [1.54, 1.807) is 0 Å². The van der Waals surface area contributed by atoms with Gasteiger partial charge in [0.05, 0.1) is 0 Å². The summed E-state index contributed by atoms with van der Waals surface area (Å²) in [5, 5.41) is 0. The summed E-state index contributed by atoms with van der Waals surface area (Å²) in [6, 6.07) is 0. The van der Waals surface area contributed by atoms with Gasteiger partial charge in [-0.15, -0.1) is 0 Å². The molecule has 0 aromatic carbocycles. The molecule has 1 aliphatic rings. The molecule has 1 aliphatic carbocycles. The summed E-state index contributed by atoms with van der Waals surface area (Å²) in [7, 11) is 4.30. The first-order valence-corrected chi connectivity index (χ1v) is 8.87. The summed E-state index contributed by atoms with van der Waals surface area (Å²) >= 11 is 0. The average Bonchev–Trinajstić information content (AvgIpc) is 2.33. The Bertz CT molecular complexity index is 246. The predicted molar refractivity (Wildman–Crippen MR) is 87.1 cm³/mol. The SMILES string of the molecule is CN(C)CCCCCCCCCCCC(=O)C1CCC1. The Morgan fingerprint density at radius 1 is 0.850 bits per heavy atom. The smallest absolute Gasteiger partial charge is 0.135 e. The Balaban J connectivity index is 1.73. The molecule has 0 saturated heterocycles. The summed E-state index contributed by atoms with van der Waals surface area (Å²) in [6.45, 7) is 1.23. The lowest BCUT2D eigenvalue weighted by Gasteiger charge is -2.23. The van der Waals surface area contributed by atoms with Crippen LogP contribution in [0.4, 0.5) is 0 Å². The molecular formula is C18H35NO. The minimum Gasteiger partial charge on any atom is -0.309 e. The van der Waals surface area contributed by atoms with Crippen molar-refractivity contribution in [2.45, 2.75) is 83.5 Å². The molecule has 0 bridgehead atoms. The monoisotopic (exact) mass is 281 g/mol. The number of carbonyl (C=O) groups is 1. The standard InChI is InChI=1S/C18H35NO/c1-19(2)16-11-9-7-5-3-4-6-8-10-15-18(20)17-13-12-14-17/h17H,3-16H2,1-2H3. The van der Waals surface area contributed by atoms with E-state index in [1.807, 2.05) is 0 Å². The zero-order valence-corrected chi connectivity index (χ0v) is 13.8. The third-order valence-corrected chi connectivity index (χ3v) is 4.59. The maximum atomic E-state index is 11.7. The third kappa shape index (κ3) is 8.73. The number of hydrogen-bond acceptors (Lipinski definition) is 2. The highest BCUT2D eigenvalue weighted by Crippen LogP contribution is 2.28. The van der Waals surface area contributed by atoms with E-state index in [2.05, 4.69) is 19.0 Å². The topological polar surface area (TPSA) is 20.3 Å². The highest BCUT2D eigenvalue weighted by atomic mass is 16.1. The van der Waals surface area contributed by atoms with Crippen LogP contribution in [0, 0.1) is 5.92 Å². The van der Waals surface area contributed by atoms with E-state index in [-0.39, 0.29) is 0 Å². The fourth-order valence-electron chi connectivity index (χ4n) is 2.90. The van der Waals surface area contributed by atoms with E-state index in [1.165, 1.54) is 77.2 Å².